The molecule has 4 heteroatoms. The molecule has 0 atom stereocenters. The van der Waals surface area contributed by atoms with Crippen molar-refractivity contribution in [3.05, 3.63) is 101 Å². The lowest BCUT2D eigenvalue weighted by Gasteiger charge is -2.24. The first-order valence-corrected chi connectivity index (χ1v) is 18.7. The molecule has 202 valence electrons. The highest BCUT2D eigenvalue weighted by Crippen LogP contribution is 2.42. The van der Waals surface area contributed by atoms with E-state index in [4.69, 9.17) is 4.98 Å². The van der Waals surface area contributed by atoms with Crippen molar-refractivity contribution in [2.45, 2.75) is 59.2 Å². The summed E-state index contributed by atoms with van der Waals surface area (Å²) in [7, 11) is -1.47. The molecular formula is C36H38N2SSi. The highest BCUT2D eigenvalue weighted by molar-refractivity contribution is 7.17. The molecule has 40 heavy (non-hydrogen) atoms. The van der Waals surface area contributed by atoms with Crippen LogP contribution in [0.5, 0.6) is 0 Å². The minimum absolute atomic E-state index is 0.350. The standard InChI is InChI=1S/C36H38N2SSi/c1-23(2)28-19-26(25-13-9-8-10-14-25)20-29(24(3)4)35(28)38-33-16-12-11-15-32(33)37-36(38)31-22-39-34-18-17-27(21-30(31)34)40(5,6)7/h8-24H,1-7H3. The Morgan fingerprint density at radius 3 is 2.02 bits per heavy atom. The van der Waals surface area contributed by atoms with Crippen molar-refractivity contribution in [3.63, 3.8) is 0 Å². The maximum atomic E-state index is 5.34. The Labute approximate surface area is 243 Å². The molecule has 2 nitrogen and oxygen atoms in total. The Balaban J connectivity index is 1.70. The molecule has 0 amide bonds. The minimum atomic E-state index is -1.47. The Kier molecular flexibility index (Phi) is 6.80. The van der Waals surface area contributed by atoms with E-state index in [2.05, 4.69) is 142 Å². The van der Waals surface area contributed by atoms with Gasteiger partial charge in [0.2, 0.25) is 0 Å². The lowest BCUT2D eigenvalue weighted by molar-refractivity contribution is 0.812. The summed E-state index contributed by atoms with van der Waals surface area (Å²) in [5.41, 5.74) is 9.97. The van der Waals surface area contributed by atoms with E-state index in [0.717, 1.165) is 16.9 Å². The number of fused-ring (bicyclic) bond motifs is 2. The Morgan fingerprint density at radius 2 is 1.38 bits per heavy atom. The Bertz CT molecular complexity index is 1810. The van der Waals surface area contributed by atoms with Gasteiger partial charge in [0.1, 0.15) is 5.82 Å². The molecule has 0 saturated carbocycles. The van der Waals surface area contributed by atoms with Crippen molar-refractivity contribution >= 4 is 45.7 Å². The van der Waals surface area contributed by atoms with Gasteiger partial charge in [0.05, 0.1) is 24.8 Å². The minimum Gasteiger partial charge on any atom is -0.292 e. The zero-order chi connectivity index (χ0) is 28.2. The molecule has 0 spiro atoms. The van der Waals surface area contributed by atoms with Gasteiger partial charge in [0, 0.05) is 21.0 Å². The van der Waals surface area contributed by atoms with Gasteiger partial charge in [0.15, 0.2) is 0 Å². The lowest BCUT2D eigenvalue weighted by atomic mass is 9.88. The first kappa shape index (κ1) is 26.7. The van der Waals surface area contributed by atoms with E-state index in [0.29, 0.717) is 11.8 Å². The molecule has 0 unspecified atom stereocenters. The summed E-state index contributed by atoms with van der Waals surface area (Å²) >= 11 is 1.82. The van der Waals surface area contributed by atoms with Crippen LogP contribution in [0.15, 0.2) is 90.3 Å². The van der Waals surface area contributed by atoms with Crippen LogP contribution in [0.3, 0.4) is 0 Å². The number of imidazole rings is 1. The van der Waals surface area contributed by atoms with E-state index in [1.165, 1.54) is 48.8 Å². The van der Waals surface area contributed by atoms with Gasteiger partial charge in [0.25, 0.3) is 0 Å². The molecule has 6 rings (SSSR count). The van der Waals surface area contributed by atoms with Crippen LogP contribution in [-0.4, -0.2) is 17.6 Å². The fraction of sp³-hybridized carbons (Fsp3) is 0.250. The van der Waals surface area contributed by atoms with Crippen LogP contribution in [0.25, 0.3) is 49.3 Å². The molecule has 2 aromatic heterocycles. The number of hydrogen-bond acceptors (Lipinski definition) is 2. The summed E-state index contributed by atoms with van der Waals surface area (Å²) in [6, 6.07) is 31.3. The largest absolute Gasteiger partial charge is 0.292 e. The second-order valence-electron chi connectivity index (χ2n) is 12.5. The van der Waals surface area contributed by atoms with Gasteiger partial charge in [-0.25, -0.2) is 4.98 Å². The van der Waals surface area contributed by atoms with Crippen molar-refractivity contribution in [1.82, 2.24) is 9.55 Å². The molecule has 0 N–H and O–H groups in total. The molecular weight excluding hydrogens is 521 g/mol. The van der Waals surface area contributed by atoms with Crippen molar-refractivity contribution in [3.8, 4) is 28.2 Å². The normalized spacial score (nSPS) is 12.3. The Hall–Kier alpha value is -3.47. The monoisotopic (exact) mass is 558 g/mol. The first-order valence-electron chi connectivity index (χ1n) is 14.4. The van der Waals surface area contributed by atoms with E-state index in [1.807, 2.05) is 11.3 Å². The van der Waals surface area contributed by atoms with Gasteiger partial charge in [-0.3, -0.25) is 4.57 Å². The van der Waals surface area contributed by atoms with E-state index < -0.39 is 8.07 Å². The average Bonchev–Trinajstić information content (AvgIpc) is 3.53. The maximum Gasteiger partial charge on any atom is 0.147 e. The summed E-state index contributed by atoms with van der Waals surface area (Å²) in [6.07, 6.45) is 0. The summed E-state index contributed by atoms with van der Waals surface area (Å²) < 4.78 is 3.79. The van der Waals surface area contributed by atoms with Gasteiger partial charge in [-0.1, -0.05) is 107 Å². The lowest BCUT2D eigenvalue weighted by Crippen LogP contribution is -2.37. The van der Waals surface area contributed by atoms with Crippen LogP contribution in [0.4, 0.5) is 0 Å². The molecule has 0 aliphatic carbocycles. The van der Waals surface area contributed by atoms with Crippen molar-refractivity contribution in [2.75, 3.05) is 0 Å². The summed E-state index contributed by atoms with van der Waals surface area (Å²) in [5, 5.41) is 5.12. The quantitative estimate of drug-likeness (QED) is 0.186. The second kappa shape index (κ2) is 10.2. The first-order chi connectivity index (χ1) is 19.1. The summed E-state index contributed by atoms with van der Waals surface area (Å²) in [5.74, 6) is 1.74. The number of thiophene rings is 1. The third kappa shape index (κ3) is 4.63. The van der Waals surface area contributed by atoms with Gasteiger partial charge < -0.3 is 0 Å². The fourth-order valence-corrected chi connectivity index (χ4v) is 7.80. The number of rotatable bonds is 6. The zero-order valence-corrected chi connectivity index (χ0v) is 26.4. The molecule has 2 heterocycles. The summed E-state index contributed by atoms with van der Waals surface area (Å²) in [6.45, 7) is 16.5. The third-order valence-corrected chi connectivity index (χ3v) is 11.0. The third-order valence-electron chi connectivity index (χ3n) is 7.98. The van der Waals surface area contributed by atoms with Gasteiger partial charge >= 0.3 is 0 Å². The zero-order valence-electron chi connectivity index (χ0n) is 24.6. The average molecular weight is 559 g/mol. The van der Waals surface area contributed by atoms with Crippen molar-refractivity contribution in [2.24, 2.45) is 0 Å². The van der Waals surface area contributed by atoms with Gasteiger partial charge in [-0.05, 0) is 64.4 Å². The number of benzene rings is 4. The van der Waals surface area contributed by atoms with Gasteiger partial charge in [-0.2, -0.15) is 0 Å². The van der Waals surface area contributed by atoms with Crippen LogP contribution in [0, 0.1) is 0 Å². The van der Waals surface area contributed by atoms with Crippen LogP contribution in [0.1, 0.15) is 50.7 Å². The number of para-hydroxylation sites is 2. The second-order valence-corrected chi connectivity index (χ2v) is 18.5. The van der Waals surface area contributed by atoms with Crippen LogP contribution in [0.2, 0.25) is 19.6 Å². The topological polar surface area (TPSA) is 17.8 Å². The molecule has 0 radical (unpaired) electrons. The number of nitrogens with zero attached hydrogens (tertiary/aromatic N) is 2. The highest BCUT2D eigenvalue weighted by atomic mass is 32.1. The van der Waals surface area contributed by atoms with E-state index >= 15 is 0 Å². The molecule has 4 aromatic carbocycles. The van der Waals surface area contributed by atoms with Gasteiger partial charge in [-0.15, -0.1) is 11.3 Å². The fourth-order valence-electron chi connectivity index (χ4n) is 5.72. The molecule has 0 saturated heterocycles. The molecule has 0 bridgehead atoms. The van der Waals surface area contributed by atoms with Crippen LogP contribution in [-0.2, 0) is 0 Å². The van der Waals surface area contributed by atoms with E-state index in [-0.39, 0.29) is 0 Å². The van der Waals surface area contributed by atoms with Crippen LogP contribution < -0.4 is 5.19 Å². The Morgan fingerprint density at radius 1 is 0.725 bits per heavy atom. The van der Waals surface area contributed by atoms with Crippen molar-refractivity contribution < 1.29 is 0 Å². The summed E-state index contributed by atoms with van der Waals surface area (Å²) in [4.78, 5) is 5.34. The van der Waals surface area contributed by atoms with E-state index in [1.54, 1.807) is 0 Å². The molecule has 6 aromatic rings. The SMILES string of the molecule is CC(C)c1cc(-c2ccccc2)cc(C(C)C)c1-n1c(-c2csc3ccc([Si](C)(C)C)cc23)nc2ccccc21. The predicted molar refractivity (Wildman–Crippen MR) is 178 cm³/mol. The number of hydrogen-bond donors (Lipinski definition) is 0. The number of aromatic nitrogens is 2. The van der Waals surface area contributed by atoms with Crippen molar-refractivity contribution in [1.29, 1.82) is 0 Å². The maximum absolute atomic E-state index is 5.34. The molecule has 0 fully saturated rings. The molecule has 0 aliphatic heterocycles. The highest BCUT2D eigenvalue weighted by Gasteiger charge is 2.25. The molecule has 0 aliphatic rings. The smallest absolute Gasteiger partial charge is 0.147 e. The predicted octanol–water partition coefficient (Wildman–Crippen LogP) is 10.4. The van der Waals surface area contributed by atoms with Crippen LogP contribution >= 0.6 is 11.3 Å². The van der Waals surface area contributed by atoms with E-state index in [9.17, 15) is 0 Å².